The Hall–Kier alpha value is -2.68. The van der Waals surface area contributed by atoms with Gasteiger partial charge in [-0.2, -0.15) is 13.2 Å². The van der Waals surface area contributed by atoms with Gasteiger partial charge in [-0.05, 0) is 30.7 Å². The van der Waals surface area contributed by atoms with Crippen LogP contribution in [0.5, 0.6) is 0 Å². The largest absolute Gasteiger partial charge is 0.419 e. The average Bonchev–Trinajstić information content (AvgIpc) is 2.63. The van der Waals surface area contributed by atoms with Gasteiger partial charge in [-0.25, -0.2) is 4.98 Å². The van der Waals surface area contributed by atoms with Crippen molar-refractivity contribution in [3.63, 3.8) is 0 Å². The first-order chi connectivity index (χ1) is 12.4. The Morgan fingerprint density at radius 1 is 1.19 bits per heavy atom. The molecule has 2 aromatic rings. The standard InChI is InChI=1S/C17H17F3N4O2/c18-17(19,20)11-4-3-8-22-15(11)23-12-6-9-24(10-14(12)25)16(26)13-5-1-2-7-21-13/h1-5,7-8,12,14,25H,6,9-10H2,(H,22,23)/t12-,14-/m0/s1. The molecular formula is C17H17F3N4O2. The van der Waals surface area contributed by atoms with Crippen LogP contribution in [0.3, 0.4) is 0 Å². The topological polar surface area (TPSA) is 78.4 Å². The third-order valence-corrected chi connectivity index (χ3v) is 4.19. The van der Waals surface area contributed by atoms with E-state index >= 15 is 0 Å². The number of piperidine rings is 1. The van der Waals surface area contributed by atoms with Gasteiger partial charge in [0.05, 0.1) is 17.7 Å². The van der Waals surface area contributed by atoms with Crippen molar-refractivity contribution in [3.05, 3.63) is 54.0 Å². The molecule has 0 unspecified atom stereocenters. The molecule has 2 N–H and O–H groups in total. The first kappa shape index (κ1) is 18.1. The quantitative estimate of drug-likeness (QED) is 0.871. The van der Waals surface area contributed by atoms with Crippen LogP contribution in [0.1, 0.15) is 22.5 Å². The Morgan fingerprint density at radius 3 is 2.62 bits per heavy atom. The molecule has 1 aliphatic rings. The van der Waals surface area contributed by atoms with Crippen LogP contribution in [0.25, 0.3) is 0 Å². The van der Waals surface area contributed by atoms with Crippen molar-refractivity contribution in [3.8, 4) is 0 Å². The Balaban J connectivity index is 1.68. The Kier molecular flexibility index (Phi) is 5.08. The highest BCUT2D eigenvalue weighted by Gasteiger charge is 2.36. The van der Waals surface area contributed by atoms with Crippen molar-refractivity contribution < 1.29 is 23.1 Å². The SMILES string of the molecule is O=C(c1ccccn1)N1CC[C@H](Nc2ncccc2C(F)(F)F)[C@@H](O)C1. The number of hydrogen-bond acceptors (Lipinski definition) is 5. The van der Waals surface area contributed by atoms with E-state index in [1.54, 1.807) is 18.2 Å². The van der Waals surface area contributed by atoms with Crippen molar-refractivity contribution in [2.24, 2.45) is 0 Å². The van der Waals surface area contributed by atoms with E-state index in [0.717, 1.165) is 6.07 Å². The second kappa shape index (κ2) is 7.28. The molecule has 2 atom stereocenters. The summed E-state index contributed by atoms with van der Waals surface area (Å²) in [5.74, 6) is -0.648. The van der Waals surface area contributed by atoms with E-state index in [1.165, 1.54) is 23.4 Å². The molecule has 9 heteroatoms. The fraction of sp³-hybridized carbons (Fsp3) is 0.353. The van der Waals surface area contributed by atoms with Gasteiger partial charge in [0, 0.05) is 25.5 Å². The Morgan fingerprint density at radius 2 is 1.96 bits per heavy atom. The molecule has 2 aromatic heterocycles. The fourth-order valence-corrected chi connectivity index (χ4v) is 2.86. The second-order valence-corrected chi connectivity index (χ2v) is 5.97. The number of hydrogen-bond donors (Lipinski definition) is 2. The predicted molar refractivity (Wildman–Crippen MR) is 87.4 cm³/mol. The van der Waals surface area contributed by atoms with Gasteiger partial charge in [0.2, 0.25) is 0 Å². The molecule has 0 radical (unpaired) electrons. The smallest absolute Gasteiger partial charge is 0.389 e. The molecular weight excluding hydrogens is 349 g/mol. The maximum atomic E-state index is 13.1. The number of β-amino-alcohol motifs (C(OH)–C–C–N with tert-alkyl or cyclic N) is 1. The molecule has 6 nitrogen and oxygen atoms in total. The lowest BCUT2D eigenvalue weighted by molar-refractivity contribution is -0.137. The van der Waals surface area contributed by atoms with Crippen molar-refractivity contribution in [2.45, 2.75) is 24.7 Å². The molecule has 0 saturated carbocycles. The summed E-state index contributed by atoms with van der Waals surface area (Å²) in [5, 5.41) is 13.0. The molecule has 3 rings (SSSR count). The molecule has 1 saturated heterocycles. The number of anilines is 1. The van der Waals surface area contributed by atoms with Gasteiger partial charge in [0.25, 0.3) is 5.91 Å². The summed E-state index contributed by atoms with van der Waals surface area (Å²) in [5.41, 5.74) is -0.630. The number of likely N-dealkylation sites (tertiary alicyclic amines) is 1. The van der Waals surface area contributed by atoms with Crippen LogP contribution in [0, 0.1) is 0 Å². The van der Waals surface area contributed by atoms with E-state index < -0.39 is 23.9 Å². The number of carbonyl (C=O) groups excluding carboxylic acids is 1. The highest BCUT2D eigenvalue weighted by atomic mass is 19.4. The number of aliphatic hydroxyl groups excluding tert-OH is 1. The number of aromatic nitrogens is 2. The van der Waals surface area contributed by atoms with Crippen LogP contribution in [0.4, 0.5) is 19.0 Å². The number of carbonyl (C=O) groups is 1. The summed E-state index contributed by atoms with van der Waals surface area (Å²) >= 11 is 0. The number of alkyl halides is 3. The summed E-state index contributed by atoms with van der Waals surface area (Å²) in [7, 11) is 0. The molecule has 138 valence electrons. The molecule has 0 aromatic carbocycles. The zero-order valence-electron chi connectivity index (χ0n) is 13.6. The van der Waals surface area contributed by atoms with Gasteiger partial charge in [-0.15, -0.1) is 0 Å². The highest BCUT2D eigenvalue weighted by molar-refractivity contribution is 5.92. The molecule has 0 bridgehead atoms. The van der Waals surface area contributed by atoms with Crippen molar-refractivity contribution in [1.29, 1.82) is 0 Å². The Labute approximate surface area is 147 Å². The normalized spacial score (nSPS) is 20.7. The van der Waals surface area contributed by atoms with Crippen molar-refractivity contribution in [2.75, 3.05) is 18.4 Å². The first-order valence-electron chi connectivity index (χ1n) is 8.03. The van der Waals surface area contributed by atoms with Gasteiger partial charge >= 0.3 is 6.18 Å². The number of nitrogens with zero attached hydrogens (tertiary/aromatic N) is 3. The maximum absolute atomic E-state index is 13.1. The zero-order valence-corrected chi connectivity index (χ0v) is 13.6. The van der Waals surface area contributed by atoms with E-state index in [0.29, 0.717) is 0 Å². The summed E-state index contributed by atoms with van der Waals surface area (Å²) in [6.07, 6.45) is -2.54. The molecule has 0 aliphatic carbocycles. The van der Waals surface area contributed by atoms with Gasteiger partial charge in [0.15, 0.2) is 0 Å². The minimum atomic E-state index is -4.54. The molecule has 1 aliphatic heterocycles. The number of aliphatic hydroxyl groups is 1. The first-order valence-corrected chi connectivity index (χ1v) is 8.03. The van der Waals surface area contributed by atoms with E-state index in [4.69, 9.17) is 0 Å². The summed E-state index contributed by atoms with van der Waals surface area (Å²) in [6, 6.07) is 6.44. The number of pyridine rings is 2. The third-order valence-electron chi connectivity index (χ3n) is 4.19. The average molecular weight is 366 g/mol. The lowest BCUT2D eigenvalue weighted by Gasteiger charge is -2.36. The highest BCUT2D eigenvalue weighted by Crippen LogP contribution is 2.34. The second-order valence-electron chi connectivity index (χ2n) is 5.97. The minimum Gasteiger partial charge on any atom is -0.389 e. The van der Waals surface area contributed by atoms with Crippen molar-refractivity contribution in [1.82, 2.24) is 14.9 Å². The summed E-state index contributed by atoms with van der Waals surface area (Å²) < 4.78 is 39.2. The monoisotopic (exact) mass is 366 g/mol. The van der Waals surface area contributed by atoms with E-state index in [2.05, 4.69) is 15.3 Å². The van der Waals surface area contributed by atoms with Gasteiger partial charge < -0.3 is 15.3 Å². The van der Waals surface area contributed by atoms with E-state index in [-0.39, 0.29) is 36.9 Å². The minimum absolute atomic E-state index is 0.00125. The molecule has 1 amide bonds. The fourth-order valence-electron chi connectivity index (χ4n) is 2.86. The molecule has 1 fully saturated rings. The van der Waals surface area contributed by atoms with E-state index in [1.807, 2.05) is 0 Å². The van der Waals surface area contributed by atoms with Gasteiger partial charge in [-0.3, -0.25) is 9.78 Å². The van der Waals surface area contributed by atoms with Crippen LogP contribution < -0.4 is 5.32 Å². The zero-order chi connectivity index (χ0) is 18.7. The molecule has 26 heavy (non-hydrogen) atoms. The Bertz CT molecular complexity index is 770. The lowest BCUT2D eigenvalue weighted by atomic mass is 10.0. The number of rotatable bonds is 3. The van der Waals surface area contributed by atoms with Crippen LogP contribution >= 0.6 is 0 Å². The third kappa shape index (κ3) is 3.93. The summed E-state index contributed by atoms with van der Waals surface area (Å²) in [4.78, 5) is 21.5. The maximum Gasteiger partial charge on any atom is 0.419 e. The van der Waals surface area contributed by atoms with Crippen molar-refractivity contribution >= 4 is 11.7 Å². The summed E-state index contributed by atoms with van der Waals surface area (Å²) in [6.45, 7) is 0.291. The molecule has 3 heterocycles. The van der Waals surface area contributed by atoms with Crippen LogP contribution in [-0.4, -0.2) is 51.1 Å². The number of halogens is 3. The van der Waals surface area contributed by atoms with Gasteiger partial charge in [0.1, 0.15) is 11.5 Å². The van der Waals surface area contributed by atoms with Crippen LogP contribution in [0.15, 0.2) is 42.7 Å². The predicted octanol–water partition coefficient (Wildman–Crippen LogP) is 2.18. The van der Waals surface area contributed by atoms with Crippen LogP contribution in [0.2, 0.25) is 0 Å². The lowest BCUT2D eigenvalue weighted by Crippen LogP contribution is -2.52. The molecule has 0 spiro atoms. The van der Waals surface area contributed by atoms with E-state index in [9.17, 15) is 23.1 Å². The van der Waals surface area contributed by atoms with Gasteiger partial charge in [-0.1, -0.05) is 6.07 Å². The number of amides is 1. The number of nitrogens with one attached hydrogen (secondary N) is 1. The van der Waals surface area contributed by atoms with Crippen LogP contribution in [-0.2, 0) is 6.18 Å².